The first-order valence-electron chi connectivity index (χ1n) is 5.91. The highest BCUT2D eigenvalue weighted by molar-refractivity contribution is 7.89. The van der Waals surface area contributed by atoms with Gasteiger partial charge in [-0.05, 0) is 18.6 Å². The van der Waals surface area contributed by atoms with Gasteiger partial charge < -0.3 is 5.32 Å². The Morgan fingerprint density at radius 3 is 2.80 bits per heavy atom. The molecule has 1 fully saturated rings. The summed E-state index contributed by atoms with van der Waals surface area (Å²) in [7, 11) is -4.01. The Bertz CT molecular complexity index is 672. The van der Waals surface area contributed by atoms with Crippen molar-refractivity contribution in [3.05, 3.63) is 29.6 Å². The maximum atomic E-state index is 13.4. The lowest BCUT2D eigenvalue weighted by atomic mass is 10.1. The maximum Gasteiger partial charge on any atom is 0.242 e. The summed E-state index contributed by atoms with van der Waals surface area (Å²) >= 11 is 0. The van der Waals surface area contributed by atoms with Crippen molar-refractivity contribution >= 4 is 15.9 Å². The number of carbonyl (C=O) groups excluding carboxylic acids is 1. The number of amides is 1. The summed E-state index contributed by atoms with van der Waals surface area (Å²) < 4.78 is 40.2. The summed E-state index contributed by atoms with van der Waals surface area (Å²) in [4.78, 5) is 10.6. The average molecular weight is 297 g/mol. The number of carbonyl (C=O) groups is 1. The van der Waals surface area contributed by atoms with Gasteiger partial charge in [0.05, 0.1) is 0 Å². The van der Waals surface area contributed by atoms with Crippen LogP contribution >= 0.6 is 0 Å². The van der Waals surface area contributed by atoms with Gasteiger partial charge in [0.15, 0.2) is 0 Å². The number of rotatable bonds is 3. The molecule has 0 aliphatic carbocycles. The number of hydrogen-bond donors (Lipinski definition) is 2. The third kappa shape index (κ3) is 2.95. The van der Waals surface area contributed by atoms with Gasteiger partial charge in [0.2, 0.25) is 15.9 Å². The smallest absolute Gasteiger partial charge is 0.242 e. The minimum absolute atomic E-state index is 0.135. The third-order valence-electron chi connectivity index (χ3n) is 2.96. The Morgan fingerprint density at radius 2 is 2.20 bits per heavy atom. The van der Waals surface area contributed by atoms with Crippen LogP contribution in [0.1, 0.15) is 18.4 Å². The van der Waals surface area contributed by atoms with E-state index in [0.29, 0.717) is 6.42 Å². The molecule has 1 unspecified atom stereocenters. The highest BCUT2D eigenvalue weighted by Crippen LogP contribution is 2.19. The molecule has 1 atom stereocenters. The summed E-state index contributed by atoms with van der Waals surface area (Å²) in [6, 6.07) is 4.51. The van der Waals surface area contributed by atoms with Crippen LogP contribution in [0.3, 0.4) is 0 Å². The van der Waals surface area contributed by atoms with E-state index in [0.717, 1.165) is 6.07 Å². The zero-order chi connectivity index (χ0) is 14.8. The summed E-state index contributed by atoms with van der Waals surface area (Å²) in [6.45, 7) is 0.176. The van der Waals surface area contributed by atoms with Crippen molar-refractivity contribution in [1.29, 1.82) is 5.26 Å². The fourth-order valence-corrected chi connectivity index (χ4v) is 3.39. The molecule has 6 nitrogen and oxygen atoms in total. The van der Waals surface area contributed by atoms with Crippen molar-refractivity contribution in [2.24, 2.45) is 0 Å². The molecule has 1 saturated heterocycles. The van der Waals surface area contributed by atoms with E-state index in [1.54, 1.807) is 6.07 Å². The first-order valence-corrected chi connectivity index (χ1v) is 7.40. The number of hydrogen-bond acceptors (Lipinski definition) is 4. The van der Waals surface area contributed by atoms with Crippen molar-refractivity contribution in [3.63, 3.8) is 0 Å². The standard InChI is InChI=1S/C12H12FN3O3S/c13-10-2-1-3-11(9(10)6-14)20(18,19)16-8-4-5-12(17)15-7-8/h1-3,8,16H,4-5,7H2,(H,15,17). The van der Waals surface area contributed by atoms with Crippen LogP contribution in [-0.4, -0.2) is 26.9 Å². The second-order valence-electron chi connectivity index (χ2n) is 4.39. The maximum absolute atomic E-state index is 13.4. The van der Waals surface area contributed by atoms with E-state index in [2.05, 4.69) is 10.0 Å². The van der Waals surface area contributed by atoms with Gasteiger partial charge in [0.1, 0.15) is 22.3 Å². The second kappa shape index (κ2) is 5.56. The van der Waals surface area contributed by atoms with Gasteiger partial charge >= 0.3 is 0 Å². The number of halogens is 1. The van der Waals surface area contributed by atoms with Crippen molar-refractivity contribution in [2.75, 3.05) is 6.54 Å². The lowest BCUT2D eigenvalue weighted by molar-refractivity contribution is -0.122. The number of piperidine rings is 1. The van der Waals surface area contributed by atoms with Gasteiger partial charge in [0, 0.05) is 19.0 Å². The molecule has 2 N–H and O–H groups in total. The van der Waals surface area contributed by atoms with Crippen LogP contribution in [0.5, 0.6) is 0 Å². The number of sulfonamides is 1. The van der Waals surface area contributed by atoms with Crippen LogP contribution in [-0.2, 0) is 14.8 Å². The molecule has 0 saturated carbocycles. The van der Waals surface area contributed by atoms with Crippen LogP contribution in [0, 0.1) is 17.1 Å². The Labute approximate surface area is 115 Å². The molecule has 1 aliphatic rings. The molecule has 1 heterocycles. The average Bonchev–Trinajstić information content (AvgIpc) is 2.41. The minimum atomic E-state index is -4.01. The van der Waals surface area contributed by atoms with Gasteiger partial charge in [-0.1, -0.05) is 6.07 Å². The van der Waals surface area contributed by atoms with Gasteiger partial charge in [0.25, 0.3) is 0 Å². The Balaban J connectivity index is 2.26. The lowest BCUT2D eigenvalue weighted by Crippen LogP contribution is -2.47. The number of nitriles is 1. The largest absolute Gasteiger partial charge is 0.355 e. The number of nitrogens with one attached hydrogen (secondary N) is 2. The Morgan fingerprint density at radius 1 is 1.45 bits per heavy atom. The molecule has 0 bridgehead atoms. The van der Waals surface area contributed by atoms with Crippen molar-refractivity contribution in [1.82, 2.24) is 10.0 Å². The fourth-order valence-electron chi connectivity index (χ4n) is 1.95. The summed E-state index contributed by atoms with van der Waals surface area (Å²) in [6.07, 6.45) is 0.587. The fraction of sp³-hybridized carbons (Fsp3) is 0.333. The van der Waals surface area contributed by atoms with Crippen molar-refractivity contribution in [2.45, 2.75) is 23.8 Å². The summed E-state index contributed by atoms with van der Waals surface area (Å²) in [5.41, 5.74) is -0.514. The lowest BCUT2D eigenvalue weighted by Gasteiger charge is -2.23. The van der Waals surface area contributed by atoms with Crippen LogP contribution in [0.4, 0.5) is 4.39 Å². The molecular formula is C12H12FN3O3S. The van der Waals surface area contributed by atoms with E-state index in [-0.39, 0.29) is 18.9 Å². The third-order valence-corrected chi connectivity index (χ3v) is 4.53. The van der Waals surface area contributed by atoms with E-state index in [9.17, 15) is 17.6 Å². The normalized spacial score (nSPS) is 19.2. The second-order valence-corrected chi connectivity index (χ2v) is 6.07. The zero-order valence-electron chi connectivity index (χ0n) is 10.4. The SMILES string of the molecule is N#Cc1c(F)cccc1S(=O)(=O)NC1CCC(=O)NC1. The topological polar surface area (TPSA) is 99.1 Å². The number of benzene rings is 1. The molecule has 106 valence electrons. The molecule has 2 rings (SSSR count). The molecule has 0 spiro atoms. The summed E-state index contributed by atoms with van der Waals surface area (Å²) in [5, 5.41) is 11.4. The predicted octanol–water partition coefficient (Wildman–Crippen LogP) is 0.254. The van der Waals surface area contributed by atoms with Crippen LogP contribution in [0.2, 0.25) is 0 Å². The first kappa shape index (κ1) is 14.4. The number of nitrogens with zero attached hydrogens (tertiary/aromatic N) is 1. The minimum Gasteiger partial charge on any atom is -0.355 e. The van der Waals surface area contributed by atoms with Crippen molar-refractivity contribution < 1.29 is 17.6 Å². The van der Waals surface area contributed by atoms with E-state index in [1.807, 2.05) is 0 Å². The molecule has 20 heavy (non-hydrogen) atoms. The Hall–Kier alpha value is -1.98. The molecule has 0 aromatic heterocycles. The molecule has 1 aromatic carbocycles. The zero-order valence-corrected chi connectivity index (χ0v) is 11.2. The van der Waals surface area contributed by atoms with E-state index < -0.39 is 32.3 Å². The van der Waals surface area contributed by atoms with Gasteiger partial charge in [-0.3, -0.25) is 4.79 Å². The Kier molecular flexibility index (Phi) is 4.01. The quantitative estimate of drug-likeness (QED) is 0.835. The monoisotopic (exact) mass is 297 g/mol. The summed E-state index contributed by atoms with van der Waals surface area (Å²) in [5.74, 6) is -1.02. The first-order chi connectivity index (χ1) is 9.44. The molecule has 0 radical (unpaired) electrons. The van der Waals surface area contributed by atoms with Gasteiger partial charge in [-0.2, -0.15) is 5.26 Å². The van der Waals surface area contributed by atoms with E-state index >= 15 is 0 Å². The molecule has 8 heteroatoms. The molecule has 1 aromatic rings. The van der Waals surface area contributed by atoms with E-state index in [4.69, 9.17) is 5.26 Å². The predicted molar refractivity (Wildman–Crippen MR) is 67.5 cm³/mol. The van der Waals surface area contributed by atoms with E-state index in [1.165, 1.54) is 12.1 Å². The van der Waals surface area contributed by atoms with Crippen LogP contribution in [0.25, 0.3) is 0 Å². The molecule has 1 aliphatic heterocycles. The van der Waals surface area contributed by atoms with Crippen LogP contribution < -0.4 is 10.0 Å². The van der Waals surface area contributed by atoms with Gasteiger partial charge in [-0.15, -0.1) is 0 Å². The highest BCUT2D eigenvalue weighted by Gasteiger charge is 2.26. The highest BCUT2D eigenvalue weighted by atomic mass is 32.2. The molecular weight excluding hydrogens is 285 g/mol. The van der Waals surface area contributed by atoms with Crippen molar-refractivity contribution in [3.8, 4) is 6.07 Å². The molecule has 1 amide bonds. The van der Waals surface area contributed by atoms with Gasteiger partial charge in [-0.25, -0.2) is 17.5 Å². The van der Waals surface area contributed by atoms with Crippen LogP contribution in [0.15, 0.2) is 23.1 Å².